The highest BCUT2D eigenvalue weighted by atomic mass is 127. The average Bonchev–Trinajstić information content (AvgIpc) is 3.20. The molecule has 2 heterocycles. The van der Waals surface area contributed by atoms with E-state index in [0.717, 1.165) is 51.5 Å². The maximum Gasteiger partial charge on any atom is 0.217 e. The SMILES string of the molecule is CCNC(=NCc1cccc(N2CC=CC2)c1)N1CCCC(CC(N)=O)C1.I. The molecule has 2 aliphatic rings. The highest BCUT2D eigenvalue weighted by molar-refractivity contribution is 14.0. The lowest BCUT2D eigenvalue weighted by atomic mass is 9.95. The van der Waals surface area contributed by atoms with Crippen LogP contribution in [0.2, 0.25) is 0 Å². The van der Waals surface area contributed by atoms with E-state index in [-0.39, 0.29) is 29.9 Å². The Kier molecular flexibility index (Phi) is 9.08. The summed E-state index contributed by atoms with van der Waals surface area (Å²) in [5.74, 6) is 1.04. The van der Waals surface area contributed by atoms with Gasteiger partial charge in [-0.3, -0.25) is 4.79 Å². The van der Waals surface area contributed by atoms with Crippen molar-refractivity contribution in [3.05, 3.63) is 42.0 Å². The summed E-state index contributed by atoms with van der Waals surface area (Å²) in [6.45, 7) is 7.33. The van der Waals surface area contributed by atoms with Crippen LogP contribution in [0, 0.1) is 5.92 Å². The molecule has 0 bridgehead atoms. The van der Waals surface area contributed by atoms with Gasteiger partial charge in [0, 0.05) is 44.8 Å². The maximum atomic E-state index is 11.3. The third-order valence-corrected chi connectivity index (χ3v) is 5.15. The zero-order valence-electron chi connectivity index (χ0n) is 16.6. The molecule has 3 rings (SSSR count). The lowest BCUT2D eigenvalue weighted by Gasteiger charge is -2.34. The number of anilines is 1. The molecule has 0 aromatic heterocycles. The molecule has 0 saturated carbocycles. The molecule has 1 aromatic rings. The quantitative estimate of drug-likeness (QED) is 0.275. The van der Waals surface area contributed by atoms with E-state index in [1.54, 1.807) is 0 Å². The van der Waals surface area contributed by atoms with Gasteiger partial charge in [-0.1, -0.05) is 24.3 Å². The van der Waals surface area contributed by atoms with Gasteiger partial charge in [0.25, 0.3) is 0 Å². The zero-order chi connectivity index (χ0) is 19.1. The molecule has 1 saturated heterocycles. The molecule has 0 radical (unpaired) electrons. The van der Waals surface area contributed by atoms with Crippen molar-refractivity contribution in [3.63, 3.8) is 0 Å². The Morgan fingerprint density at radius 3 is 2.82 bits per heavy atom. The van der Waals surface area contributed by atoms with E-state index in [2.05, 4.69) is 58.5 Å². The van der Waals surface area contributed by atoms with Crippen molar-refractivity contribution >= 4 is 41.5 Å². The normalized spacial score (nSPS) is 19.5. The number of guanidine groups is 1. The fourth-order valence-electron chi connectivity index (χ4n) is 3.84. The number of nitrogens with zero attached hydrogens (tertiary/aromatic N) is 3. The van der Waals surface area contributed by atoms with Crippen LogP contribution in [0.25, 0.3) is 0 Å². The average molecular weight is 497 g/mol. The number of rotatable bonds is 6. The topological polar surface area (TPSA) is 74.0 Å². The van der Waals surface area contributed by atoms with Crippen molar-refractivity contribution in [3.8, 4) is 0 Å². The minimum absolute atomic E-state index is 0. The highest BCUT2D eigenvalue weighted by Crippen LogP contribution is 2.21. The van der Waals surface area contributed by atoms with E-state index in [1.165, 1.54) is 11.3 Å². The summed E-state index contributed by atoms with van der Waals surface area (Å²) in [5, 5.41) is 3.41. The van der Waals surface area contributed by atoms with Gasteiger partial charge in [-0.25, -0.2) is 4.99 Å². The first-order valence-electron chi connectivity index (χ1n) is 9.96. The molecule has 6 nitrogen and oxygen atoms in total. The number of likely N-dealkylation sites (tertiary alicyclic amines) is 1. The van der Waals surface area contributed by atoms with E-state index in [4.69, 9.17) is 10.7 Å². The van der Waals surface area contributed by atoms with Crippen molar-refractivity contribution in [2.75, 3.05) is 37.6 Å². The summed E-state index contributed by atoms with van der Waals surface area (Å²) in [4.78, 5) is 20.8. The monoisotopic (exact) mass is 497 g/mol. The second-order valence-corrected chi connectivity index (χ2v) is 7.34. The van der Waals surface area contributed by atoms with E-state index in [9.17, 15) is 4.79 Å². The Labute approximate surface area is 185 Å². The molecule has 3 N–H and O–H groups in total. The van der Waals surface area contributed by atoms with Crippen LogP contribution in [-0.2, 0) is 11.3 Å². The Hall–Kier alpha value is -1.77. The first-order valence-corrected chi connectivity index (χ1v) is 9.96. The van der Waals surface area contributed by atoms with Crippen molar-refractivity contribution in [1.82, 2.24) is 10.2 Å². The maximum absolute atomic E-state index is 11.3. The Morgan fingerprint density at radius 1 is 1.32 bits per heavy atom. The number of carbonyl (C=O) groups excluding carboxylic acids is 1. The first-order chi connectivity index (χ1) is 13.2. The van der Waals surface area contributed by atoms with Gasteiger partial charge in [-0.2, -0.15) is 0 Å². The van der Waals surface area contributed by atoms with Gasteiger partial charge in [0.2, 0.25) is 5.91 Å². The molecule has 7 heteroatoms. The molecule has 0 spiro atoms. The number of hydrogen-bond acceptors (Lipinski definition) is 3. The predicted octanol–water partition coefficient (Wildman–Crippen LogP) is 2.73. The number of carbonyl (C=O) groups is 1. The van der Waals surface area contributed by atoms with Gasteiger partial charge in [0.1, 0.15) is 0 Å². The van der Waals surface area contributed by atoms with Crippen molar-refractivity contribution < 1.29 is 4.79 Å². The number of nitrogens with one attached hydrogen (secondary N) is 1. The van der Waals surface area contributed by atoms with Crippen LogP contribution in [0.4, 0.5) is 5.69 Å². The molecule has 1 unspecified atom stereocenters. The predicted molar refractivity (Wildman–Crippen MR) is 126 cm³/mol. The van der Waals surface area contributed by atoms with Crippen molar-refractivity contribution in [2.45, 2.75) is 32.7 Å². The molecule has 1 atom stereocenters. The van der Waals surface area contributed by atoms with Gasteiger partial charge < -0.3 is 20.9 Å². The minimum Gasteiger partial charge on any atom is -0.370 e. The standard InChI is InChI=1S/C21H31N5O.HI/c1-2-23-21(26-12-6-8-18(16-26)14-20(22)27)24-15-17-7-5-9-19(13-17)25-10-3-4-11-25;/h3-5,7,9,13,18H,2,6,8,10-12,14-16H2,1H3,(H2,22,27)(H,23,24);1H. The van der Waals surface area contributed by atoms with E-state index in [0.29, 0.717) is 18.9 Å². The minimum atomic E-state index is -0.211. The zero-order valence-corrected chi connectivity index (χ0v) is 19.0. The van der Waals surface area contributed by atoms with Crippen LogP contribution in [0.1, 0.15) is 31.7 Å². The Balaban J connectivity index is 0.00000280. The van der Waals surface area contributed by atoms with Gasteiger partial charge in [0.05, 0.1) is 6.54 Å². The highest BCUT2D eigenvalue weighted by Gasteiger charge is 2.23. The summed E-state index contributed by atoms with van der Waals surface area (Å²) < 4.78 is 0. The molecule has 2 aliphatic heterocycles. The van der Waals surface area contributed by atoms with Crippen molar-refractivity contribution in [2.24, 2.45) is 16.6 Å². The third-order valence-electron chi connectivity index (χ3n) is 5.15. The van der Waals surface area contributed by atoms with Crippen LogP contribution in [0.5, 0.6) is 0 Å². The second kappa shape index (κ2) is 11.3. The Morgan fingerprint density at radius 2 is 2.11 bits per heavy atom. The summed E-state index contributed by atoms with van der Waals surface area (Å²) in [6, 6.07) is 8.62. The lowest BCUT2D eigenvalue weighted by molar-refractivity contribution is -0.119. The number of aliphatic imine (C=N–C) groups is 1. The van der Waals surface area contributed by atoms with Crippen LogP contribution in [-0.4, -0.2) is 49.5 Å². The number of benzene rings is 1. The number of hydrogen-bond donors (Lipinski definition) is 2. The number of nitrogens with two attached hydrogens (primary N) is 1. The second-order valence-electron chi connectivity index (χ2n) is 7.34. The van der Waals surface area contributed by atoms with Crippen LogP contribution in [0.3, 0.4) is 0 Å². The molecule has 28 heavy (non-hydrogen) atoms. The van der Waals surface area contributed by atoms with E-state index < -0.39 is 0 Å². The first kappa shape index (κ1) is 22.5. The molecule has 1 aromatic carbocycles. The van der Waals surface area contributed by atoms with Gasteiger partial charge in [-0.15, -0.1) is 24.0 Å². The van der Waals surface area contributed by atoms with Gasteiger partial charge in [0.15, 0.2) is 5.96 Å². The van der Waals surface area contributed by atoms with Crippen LogP contribution in [0.15, 0.2) is 41.4 Å². The molecular formula is C21H32IN5O. The molecule has 1 amide bonds. The number of amides is 1. The lowest BCUT2D eigenvalue weighted by Crippen LogP contribution is -2.47. The summed E-state index contributed by atoms with van der Waals surface area (Å²) in [7, 11) is 0. The summed E-state index contributed by atoms with van der Waals surface area (Å²) in [6.07, 6.45) is 6.99. The summed E-state index contributed by atoms with van der Waals surface area (Å²) in [5.41, 5.74) is 7.85. The van der Waals surface area contributed by atoms with E-state index >= 15 is 0 Å². The summed E-state index contributed by atoms with van der Waals surface area (Å²) >= 11 is 0. The molecule has 0 aliphatic carbocycles. The fraction of sp³-hybridized carbons (Fsp3) is 0.524. The van der Waals surface area contributed by atoms with Crippen LogP contribution < -0.4 is 16.0 Å². The van der Waals surface area contributed by atoms with Gasteiger partial charge in [-0.05, 0) is 43.4 Å². The largest absolute Gasteiger partial charge is 0.370 e. The molecule has 154 valence electrons. The molecular weight excluding hydrogens is 465 g/mol. The smallest absolute Gasteiger partial charge is 0.217 e. The number of primary amides is 1. The fourth-order valence-corrected chi connectivity index (χ4v) is 3.84. The van der Waals surface area contributed by atoms with Crippen LogP contribution >= 0.6 is 24.0 Å². The van der Waals surface area contributed by atoms with Crippen molar-refractivity contribution in [1.29, 1.82) is 0 Å². The molecule has 1 fully saturated rings. The third kappa shape index (κ3) is 6.39. The Bertz CT molecular complexity index is 698. The van der Waals surface area contributed by atoms with E-state index in [1.807, 2.05) is 0 Å². The number of halogens is 1. The van der Waals surface area contributed by atoms with Gasteiger partial charge >= 0.3 is 0 Å². The number of piperidine rings is 1.